The van der Waals surface area contributed by atoms with Crippen LogP contribution in [0.15, 0.2) is 6.20 Å². The minimum Gasteiger partial charge on any atom is -0.461 e. The van der Waals surface area contributed by atoms with Crippen LogP contribution >= 0.6 is 0 Å². The molecule has 98 valence electrons. The Kier molecular flexibility index (Phi) is 4.08. The summed E-state index contributed by atoms with van der Waals surface area (Å²) in [5, 5.41) is 10.8. The third-order valence-electron chi connectivity index (χ3n) is 2.01. The van der Waals surface area contributed by atoms with Crippen molar-refractivity contribution in [3.8, 4) is 0 Å². The van der Waals surface area contributed by atoms with Crippen LogP contribution in [0.25, 0.3) is 0 Å². The molecule has 1 heterocycles. The van der Waals surface area contributed by atoms with Gasteiger partial charge in [-0.15, -0.1) is 0 Å². The third kappa shape index (κ3) is 2.50. The molecule has 1 aromatic rings. The molecular weight excluding hydrogens is 252 g/mol. The maximum atomic E-state index is 12.5. The van der Waals surface area contributed by atoms with E-state index in [1.165, 1.54) is 6.92 Å². The molecule has 7 nitrogen and oxygen atoms in total. The molecule has 0 spiro atoms. The Morgan fingerprint density at radius 3 is 2.72 bits per heavy atom. The average Bonchev–Trinajstić information content (AvgIpc) is 2.27. The first-order chi connectivity index (χ1) is 8.40. The van der Waals surface area contributed by atoms with Gasteiger partial charge < -0.3 is 10.5 Å². The SMILES string of the molecule is CCOC(=O)c1ncc(C(F)F)c(N)c1[N+](=O)[O-]. The Morgan fingerprint density at radius 2 is 2.28 bits per heavy atom. The highest BCUT2D eigenvalue weighted by Crippen LogP contribution is 2.33. The van der Waals surface area contributed by atoms with Crippen LogP contribution in [0.2, 0.25) is 0 Å². The monoisotopic (exact) mass is 261 g/mol. The molecule has 0 atom stereocenters. The van der Waals surface area contributed by atoms with Crippen molar-refractivity contribution in [3.63, 3.8) is 0 Å². The number of ether oxygens (including phenoxy) is 1. The second kappa shape index (κ2) is 5.34. The number of alkyl halides is 2. The number of halogens is 2. The van der Waals surface area contributed by atoms with Gasteiger partial charge in [-0.3, -0.25) is 10.1 Å². The largest absolute Gasteiger partial charge is 0.461 e. The quantitative estimate of drug-likeness (QED) is 0.501. The van der Waals surface area contributed by atoms with E-state index in [1.54, 1.807) is 0 Å². The fraction of sp³-hybridized carbons (Fsp3) is 0.333. The summed E-state index contributed by atoms with van der Waals surface area (Å²) in [4.78, 5) is 24.4. The summed E-state index contributed by atoms with van der Waals surface area (Å²) in [6.45, 7) is 1.45. The van der Waals surface area contributed by atoms with Gasteiger partial charge in [-0.05, 0) is 6.92 Å². The molecule has 0 aliphatic heterocycles. The molecule has 9 heteroatoms. The Bertz CT molecular complexity index is 493. The predicted molar refractivity (Wildman–Crippen MR) is 56.2 cm³/mol. The van der Waals surface area contributed by atoms with E-state index in [1.807, 2.05) is 0 Å². The van der Waals surface area contributed by atoms with E-state index in [2.05, 4.69) is 9.72 Å². The van der Waals surface area contributed by atoms with Crippen LogP contribution < -0.4 is 5.73 Å². The average molecular weight is 261 g/mol. The zero-order valence-corrected chi connectivity index (χ0v) is 9.22. The van der Waals surface area contributed by atoms with Crippen LogP contribution in [0.1, 0.15) is 29.4 Å². The van der Waals surface area contributed by atoms with Gasteiger partial charge >= 0.3 is 11.7 Å². The van der Waals surface area contributed by atoms with Gasteiger partial charge in [0.1, 0.15) is 5.69 Å². The molecule has 0 fully saturated rings. The Morgan fingerprint density at radius 1 is 1.67 bits per heavy atom. The van der Waals surface area contributed by atoms with E-state index in [4.69, 9.17) is 5.73 Å². The number of nitrogen functional groups attached to an aromatic ring is 1. The second-order valence-corrected chi connectivity index (χ2v) is 3.10. The molecule has 0 bridgehead atoms. The predicted octanol–water partition coefficient (Wildman–Crippen LogP) is 1.69. The summed E-state index contributed by atoms with van der Waals surface area (Å²) in [7, 11) is 0. The van der Waals surface area contributed by atoms with Gasteiger partial charge in [-0.1, -0.05) is 0 Å². The minimum absolute atomic E-state index is 0.0336. The van der Waals surface area contributed by atoms with E-state index in [0.29, 0.717) is 6.20 Å². The summed E-state index contributed by atoms with van der Waals surface area (Å²) >= 11 is 0. The van der Waals surface area contributed by atoms with E-state index in [0.717, 1.165) is 0 Å². The zero-order chi connectivity index (χ0) is 13.9. The molecule has 0 amide bonds. The molecule has 1 aromatic heterocycles. The molecule has 0 aliphatic carbocycles. The van der Waals surface area contributed by atoms with Crippen molar-refractivity contribution >= 4 is 17.3 Å². The number of pyridine rings is 1. The lowest BCUT2D eigenvalue weighted by atomic mass is 10.1. The highest BCUT2D eigenvalue weighted by Gasteiger charge is 2.30. The fourth-order valence-corrected chi connectivity index (χ4v) is 1.24. The number of carbonyl (C=O) groups excluding carboxylic acids is 1. The highest BCUT2D eigenvalue weighted by molar-refractivity contribution is 5.94. The summed E-state index contributed by atoms with van der Waals surface area (Å²) < 4.78 is 29.5. The van der Waals surface area contributed by atoms with E-state index >= 15 is 0 Å². The smallest absolute Gasteiger partial charge is 0.364 e. The molecule has 0 saturated heterocycles. The van der Waals surface area contributed by atoms with Crippen LogP contribution in [0.4, 0.5) is 20.2 Å². The molecule has 2 N–H and O–H groups in total. The van der Waals surface area contributed by atoms with E-state index in [-0.39, 0.29) is 6.61 Å². The molecule has 0 saturated carbocycles. The van der Waals surface area contributed by atoms with Crippen LogP contribution in [0.3, 0.4) is 0 Å². The number of aromatic nitrogens is 1. The van der Waals surface area contributed by atoms with Crippen LogP contribution in [-0.4, -0.2) is 22.5 Å². The van der Waals surface area contributed by atoms with Crippen molar-refractivity contribution in [3.05, 3.63) is 27.6 Å². The van der Waals surface area contributed by atoms with Crippen LogP contribution in [0, 0.1) is 10.1 Å². The number of nitro groups is 1. The number of nitrogens with zero attached hydrogens (tertiary/aromatic N) is 2. The molecule has 0 aromatic carbocycles. The molecule has 18 heavy (non-hydrogen) atoms. The van der Waals surface area contributed by atoms with Crippen molar-refractivity contribution in [2.75, 3.05) is 12.3 Å². The minimum atomic E-state index is -3.02. The van der Waals surface area contributed by atoms with Crippen molar-refractivity contribution in [1.29, 1.82) is 0 Å². The fourth-order valence-electron chi connectivity index (χ4n) is 1.24. The summed E-state index contributed by atoms with van der Waals surface area (Å²) in [5.41, 5.74) is 2.01. The van der Waals surface area contributed by atoms with Gasteiger partial charge in [0.2, 0.25) is 5.69 Å². The second-order valence-electron chi connectivity index (χ2n) is 3.10. The lowest BCUT2D eigenvalue weighted by Gasteiger charge is -2.07. The summed E-state index contributed by atoms with van der Waals surface area (Å²) in [6, 6.07) is 0. The maximum Gasteiger partial charge on any atom is 0.364 e. The van der Waals surface area contributed by atoms with Crippen molar-refractivity contribution < 1.29 is 23.2 Å². The first-order valence-electron chi connectivity index (χ1n) is 4.78. The number of anilines is 1. The van der Waals surface area contributed by atoms with Crippen molar-refractivity contribution in [2.45, 2.75) is 13.3 Å². The molecule has 0 radical (unpaired) electrons. The van der Waals surface area contributed by atoms with E-state index < -0.39 is 40.0 Å². The Balaban J connectivity index is 3.41. The number of rotatable bonds is 4. The first-order valence-corrected chi connectivity index (χ1v) is 4.78. The van der Waals surface area contributed by atoms with Gasteiger partial charge in [-0.2, -0.15) is 0 Å². The standard InChI is InChI=1S/C9H9F2N3O4/c1-2-18-9(15)6-7(14(16)17)5(12)4(3-13-6)8(10)11/h3,8H,2H2,1H3,(H2,12,13). The molecular formula is C9H9F2N3O4. The highest BCUT2D eigenvalue weighted by atomic mass is 19.3. The summed E-state index contributed by atoms with van der Waals surface area (Å²) in [6.07, 6.45) is -2.40. The lowest BCUT2D eigenvalue weighted by molar-refractivity contribution is -0.384. The van der Waals surface area contributed by atoms with Crippen molar-refractivity contribution in [2.24, 2.45) is 0 Å². The molecule has 1 rings (SSSR count). The Labute approximate surface area is 99.7 Å². The van der Waals surface area contributed by atoms with Crippen LogP contribution in [0.5, 0.6) is 0 Å². The van der Waals surface area contributed by atoms with Gasteiger partial charge in [-0.25, -0.2) is 18.6 Å². The van der Waals surface area contributed by atoms with Gasteiger partial charge in [0, 0.05) is 6.20 Å². The van der Waals surface area contributed by atoms with Crippen LogP contribution in [-0.2, 0) is 4.74 Å². The van der Waals surface area contributed by atoms with Gasteiger partial charge in [0.15, 0.2) is 0 Å². The molecule has 0 aliphatic rings. The Hall–Kier alpha value is -2.32. The number of carbonyl (C=O) groups is 1. The number of hydrogen-bond acceptors (Lipinski definition) is 6. The van der Waals surface area contributed by atoms with Crippen molar-refractivity contribution in [1.82, 2.24) is 4.98 Å². The number of esters is 1. The van der Waals surface area contributed by atoms with E-state index in [9.17, 15) is 23.7 Å². The third-order valence-corrected chi connectivity index (χ3v) is 2.01. The maximum absolute atomic E-state index is 12.5. The normalized spacial score (nSPS) is 10.4. The first kappa shape index (κ1) is 13.7. The molecule has 0 unspecified atom stereocenters. The van der Waals surface area contributed by atoms with Gasteiger partial charge in [0.25, 0.3) is 6.43 Å². The number of nitrogens with two attached hydrogens (primary N) is 1. The zero-order valence-electron chi connectivity index (χ0n) is 9.22. The number of hydrogen-bond donors (Lipinski definition) is 1. The van der Waals surface area contributed by atoms with Gasteiger partial charge in [0.05, 0.1) is 17.1 Å². The lowest BCUT2D eigenvalue weighted by Crippen LogP contribution is -2.13. The topological polar surface area (TPSA) is 108 Å². The summed E-state index contributed by atoms with van der Waals surface area (Å²) in [5.74, 6) is -1.09.